The topological polar surface area (TPSA) is 95.9 Å². The number of hydrogen-bond donors (Lipinski definition) is 3. The van der Waals surface area contributed by atoms with Gasteiger partial charge in [-0.1, -0.05) is 18.2 Å². The third kappa shape index (κ3) is 7.90. The molecule has 0 saturated heterocycles. The lowest BCUT2D eigenvalue weighted by atomic mass is 10.1. The van der Waals surface area contributed by atoms with Crippen LogP contribution in [0.3, 0.4) is 0 Å². The summed E-state index contributed by atoms with van der Waals surface area (Å²) in [5, 5.41) is 21.2. The molecule has 0 unspecified atom stereocenters. The van der Waals surface area contributed by atoms with E-state index < -0.39 is 17.7 Å². The summed E-state index contributed by atoms with van der Waals surface area (Å²) in [6.45, 7) is 5.78. The van der Waals surface area contributed by atoms with Crippen LogP contribution in [0.15, 0.2) is 24.3 Å². The Labute approximate surface area is 135 Å². The van der Waals surface area contributed by atoms with Crippen molar-refractivity contribution in [3.05, 3.63) is 35.4 Å². The molecule has 0 saturated carbocycles. The van der Waals surface area contributed by atoms with Crippen LogP contribution in [0.25, 0.3) is 6.08 Å². The minimum Gasteiger partial charge on any atom is -0.507 e. The lowest BCUT2D eigenvalue weighted by molar-refractivity contribution is -0.136. The third-order valence-electron chi connectivity index (χ3n) is 2.72. The average Bonchev–Trinajstić information content (AvgIpc) is 2.39. The molecule has 1 rings (SSSR count). The summed E-state index contributed by atoms with van der Waals surface area (Å²) in [5.74, 6) is -0.845. The van der Waals surface area contributed by atoms with Gasteiger partial charge in [0.25, 0.3) is 0 Å². The first-order valence-corrected chi connectivity index (χ1v) is 7.34. The molecule has 1 amide bonds. The second kappa shape index (κ2) is 8.22. The van der Waals surface area contributed by atoms with Crippen molar-refractivity contribution in [1.82, 2.24) is 5.32 Å². The molecule has 6 nitrogen and oxygen atoms in total. The Bertz CT molecular complexity index is 587. The van der Waals surface area contributed by atoms with Gasteiger partial charge in [0.15, 0.2) is 0 Å². The summed E-state index contributed by atoms with van der Waals surface area (Å²) in [5.41, 5.74) is 0.624. The van der Waals surface area contributed by atoms with E-state index >= 15 is 0 Å². The molecule has 23 heavy (non-hydrogen) atoms. The van der Waals surface area contributed by atoms with E-state index in [4.69, 9.17) is 9.84 Å². The van der Waals surface area contributed by atoms with Gasteiger partial charge in [-0.25, -0.2) is 4.79 Å². The molecule has 126 valence electrons. The van der Waals surface area contributed by atoms with Gasteiger partial charge in [0.2, 0.25) is 0 Å². The van der Waals surface area contributed by atoms with Gasteiger partial charge >= 0.3 is 12.1 Å². The number of hydrogen-bond acceptors (Lipinski definition) is 4. The highest BCUT2D eigenvalue weighted by Gasteiger charge is 2.15. The van der Waals surface area contributed by atoms with E-state index in [1.165, 1.54) is 6.07 Å². The van der Waals surface area contributed by atoms with Crippen LogP contribution in [0.1, 0.15) is 38.3 Å². The molecule has 0 heterocycles. The van der Waals surface area contributed by atoms with Crippen molar-refractivity contribution >= 4 is 18.1 Å². The van der Waals surface area contributed by atoms with Crippen LogP contribution in [0.5, 0.6) is 5.75 Å². The van der Waals surface area contributed by atoms with Crippen molar-refractivity contribution in [3.63, 3.8) is 0 Å². The van der Waals surface area contributed by atoms with E-state index in [9.17, 15) is 14.7 Å². The molecule has 0 spiro atoms. The highest BCUT2D eigenvalue weighted by Crippen LogP contribution is 2.20. The van der Waals surface area contributed by atoms with Crippen LogP contribution < -0.4 is 5.32 Å². The van der Waals surface area contributed by atoms with E-state index in [-0.39, 0.29) is 12.2 Å². The van der Waals surface area contributed by atoms with Gasteiger partial charge in [-0.05, 0) is 44.9 Å². The summed E-state index contributed by atoms with van der Waals surface area (Å²) < 4.78 is 5.10. The molecule has 3 N–H and O–H groups in total. The quantitative estimate of drug-likeness (QED) is 0.700. The number of alkyl carbamates (subject to hydrolysis) is 1. The van der Waals surface area contributed by atoms with Gasteiger partial charge in [0.05, 0.1) is 6.42 Å². The molecule has 0 radical (unpaired) electrons. The van der Waals surface area contributed by atoms with Crippen molar-refractivity contribution < 1.29 is 24.5 Å². The highest BCUT2D eigenvalue weighted by atomic mass is 16.6. The first-order chi connectivity index (χ1) is 10.7. The summed E-state index contributed by atoms with van der Waals surface area (Å²) in [7, 11) is 0. The molecule has 1 aromatic rings. The predicted molar refractivity (Wildman–Crippen MR) is 87.3 cm³/mol. The van der Waals surface area contributed by atoms with Gasteiger partial charge in [-0.2, -0.15) is 0 Å². The summed E-state index contributed by atoms with van der Waals surface area (Å²) in [6, 6.07) is 4.67. The molecule has 0 aliphatic rings. The zero-order chi connectivity index (χ0) is 17.5. The second-order valence-electron chi connectivity index (χ2n) is 6.08. The number of amides is 1. The van der Waals surface area contributed by atoms with Crippen molar-refractivity contribution in [3.8, 4) is 5.75 Å². The Kier molecular flexibility index (Phi) is 6.63. The number of ether oxygens (including phenoxy) is 1. The van der Waals surface area contributed by atoms with Crippen molar-refractivity contribution in [2.75, 3.05) is 6.54 Å². The number of phenolic OH excluding ortho intramolecular Hbond substituents is 1. The minimum atomic E-state index is -0.924. The molecule has 0 bridgehead atoms. The maximum absolute atomic E-state index is 11.4. The van der Waals surface area contributed by atoms with E-state index in [1.807, 2.05) is 0 Å². The standard InChI is InChI=1S/C17H23NO5/c1-17(2,3)23-16(22)18-9-5-4-6-13-10-12(11-15(20)21)7-8-14(13)19/h4,6-8,10,19H,5,9,11H2,1-3H3,(H,18,22)(H,20,21). The van der Waals surface area contributed by atoms with Crippen molar-refractivity contribution in [1.29, 1.82) is 0 Å². The van der Waals surface area contributed by atoms with Crippen LogP contribution in [-0.2, 0) is 16.0 Å². The number of phenols is 1. The van der Waals surface area contributed by atoms with Crippen molar-refractivity contribution in [2.45, 2.75) is 39.2 Å². The Morgan fingerprint density at radius 3 is 2.61 bits per heavy atom. The fourth-order valence-electron chi connectivity index (χ4n) is 1.80. The van der Waals surface area contributed by atoms with E-state index in [1.54, 1.807) is 45.1 Å². The maximum Gasteiger partial charge on any atom is 0.407 e. The fourth-order valence-corrected chi connectivity index (χ4v) is 1.80. The third-order valence-corrected chi connectivity index (χ3v) is 2.72. The zero-order valence-electron chi connectivity index (χ0n) is 13.6. The average molecular weight is 321 g/mol. The van der Waals surface area contributed by atoms with Gasteiger partial charge in [0, 0.05) is 12.1 Å². The van der Waals surface area contributed by atoms with E-state index in [0.29, 0.717) is 24.1 Å². The first-order valence-electron chi connectivity index (χ1n) is 7.34. The molecule has 0 aromatic heterocycles. The van der Waals surface area contributed by atoms with Gasteiger partial charge < -0.3 is 20.3 Å². The van der Waals surface area contributed by atoms with Crippen LogP contribution in [-0.4, -0.2) is 34.4 Å². The zero-order valence-corrected chi connectivity index (χ0v) is 13.6. The van der Waals surface area contributed by atoms with E-state index in [2.05, 4.69) is 5.32 Å². The Morgan fingerprint density at radius 2 is 2.00 bits per heavy atom. The number of carbonyl (C=O) groups is 2. The molecule has 1 aromatic carbocycles. The lowest BCUT2D eigenvalue weighted by Gasteiger charge is -2.19. The van der Waals surface area contributed by atoms with E-state index in [0.717, 1.165) is 0 Å². The number of nitrogens with one attached hydrogen (secondary N) is 1. The first kappa shape index (κ1) is 18.5. The normalized spacial score (nSPS) is 11.4. The molecule has 0 atom stereocenters. The van der Waals surface area contributed by atoms with Gasteiger partial charge in [-0.3, -0.25) is 4.79 Å². The molecule has 0 aliphatic heterocycles. The number of aromatic hydroxyl groups is 1. The number of aliphatic carboxylic acids is 1. The predicted octanol–water partition coefficient (Wildman–Crippen LogP) is 2.95. The van der Waals surface area contributed by atoms with Crippen LogP contribution in [0.4, 0.5) is 4.79 Å². The summed E-state index contributed by atoms with van der Waals surface area (Å²) in [6.07, 6.45) is 3.47. The number of carboxylic acids is 1. The number of carbonyl (C=O) groups excluding carboxylic acids is 1. The molecular formula is C17H23NO5. The number of rotatable bonds is 6. The number of carboxylic acid groups (broad SMARTS) is 1. The van der Waals surface area contributed by atoms with Crippen molar-refractivity contribution in [2.24, 2.45) is 0 Å². The highest BCUT2D eigenvalue weighted by molar-refractivity contribution is 5.71. The SMILES string of the molecule is CC(C)(C)OC(=O)NCCC=Cc1cc(CC(=O)O)ccc1O. The smallest absolute Gasteiger partial charge is 0.407 e. The van der Waals surface area contributed by atoms with Gasteiger partial charge in [-0.15, -0.1) is 0 Å². The van der Waals surface area contributed by atoms with Crippen LogP contribution >= 0.6 is 0 Å². The van der Waals surface area contributed by atoms with Crippen LogP contribution in [0, 0.1) is 0 Å². The fraction of sp³-hybridized carbons (Fsp3) is 0.412. The van der Waals surface area contributed by atoms with Gasteiger partial charge in [0.1, 0.15) is 11.4 Å². The number of benzene rings is 1. The molecule has 0 fully saturated rings. The second-order valence-corrected chi connectivity index (χ2v) is 6.08. The Morgan fingerprint density at radius 1 is 1.30 bits per heavy atom. The molecule has 6 heteroatoms. The van der Waals surface area contributed by atoms with Crippen LogP contribution in [0.2, 0.25) is 0 Å². The monoisotopic (exact) mass is 321 g/mol. The maximum atomic E-state index is 11.4. The summed E-state index contributed by atoms with van der Waals surface area (Å²) in [4.78, 5) is 22.1. The Hall–Kier alpha value is -2.50. The largest absolute Gasteiger partial charge is 0.507 e. The molecular weight excluding hydrogens is 298 g/mol. The Balaban J connectivity index is 2.48. The summed E-state index contributed by atoms with van der Waals surface area (Å²) >= 11 is 0. The minimum absolute atomic E-state index is 0.0792. The molecule has 0 aliphatic carbocycles. The lowest BCUT2D eigenvalue weighted by Crippen LogP contribution is -2.32.